The van der Waals surface area contributed by atoms with Gasteiger partial charge in [0.05, 0.1) is 12.5 Å². The van der Waals surface area contributed by atoms with Gasteiger partial charge >= 0.3 is 5.97 Å². The van der Waals surface area contributed by atoms with Crippen LogP contribution < -0.4 is 4.74 Å². The van der Waals surface area contributed by atoms with Crippen molar-refractivity contribution in [2.75, 3.05) is 6.61 Å². The maximum absolute atomic E-state index is 11.0. The molecule has 0 aliphatic heterocycles. The van der Waals surface area contributed by atoms with Gasteiger partial charge in [-0.25, -0.2) is 0 Å². The van der Waals surface area contributed by atoms with E-state index < -0.39 is 5.97 Å². The summed E-state index contributed by atoms with van der Waals surface area (Å²) in [4.78, 5) is 11.0. The molecule has 0 heterocycles. The van der Waals surface area contributed by atoms with Crippen molar-refractivity contribution in [1.82, 2.24) is 0 Å². The first-order valence-corrected chi connectivity index (χ1v) is 8.78. The molecule has 3 unspecified atom stereocenters. The second-order valence-electron chi connectivity index (χ2n) is 7.76. The Hall–Kier alpha value is -1.51. The number of ether oxygens (including phenoxy) is 1. The van der Waals surface area contributed by atoms with E-state index in [4.69, 9.17) is 9.84 Å². The van der Waals surface area contributed by atoms with Crippen LogP contribution in [0.2, 0.25) is 0 Å². The molecule has 1 aromatic rings. The lowest BCUT2D eigenvalue weighted by Crippen LogP contribution is -2.10. The van der Waals surface area contributed by atoms with Gasteiger partial charge in [-0.05, 0) is 53.7 Å². The molecule has 1 N–H and O–H groups in total. The SMILES string of the molecule is CC(C)COc1ccc(CC(C)C2CC2C(=O)O)cc1C(C)C. The number of hydrogen-bond donors (Lipinski definition) is 1. The van der Waals surface area contributed by atoms with Gasteiger partial charge in [-0.15, -0.1) is 0 Å². The lowest BCUT2D eigenvalue weighted by atomic mass is 9.92. The van der Waals surface area contributed by atoms with Gasteiger partial charge in [0.1, 0.15) is 5.75 Å². The average Bonchev–Trinajstić information content (AvgIpc) is 3.26. The summed E-state index contributed by atoms with van der Waals surface area (Å²) >= 11 is 0. The van der Waals surface area contributed by atoms with Gasteiger partial charge in [0.2, 0.25) is 0 Å². The van der Waals surface area contributed by atoms with Gasteiger partial charge in [0, 0.05) is 0 Å². The predicted octanol–water partition coefficient (Wildman–Crippen LogP) is 4.74. The van der Waals surface area contributed by atoms with Crippen molar-refractivity contribution in [1.29, 1.82) is 0 Å². The third-order valence-electron chi connectivity index (χ3n) is 4.71. The van der Waals surface area contributed by atoms with Gasteiger partial charge < -0.3 is 9.84 Å². The van der Waals surface area contributed by atoms with E-state index in [1.54, 1.807) is 0 Å². The molecule has 0 bridgehead atoms. The molecule has 0 aromatic heterocycles. The lowest BCUT2D eigenvalue weighted by molar-refractivity contribution is -0.139. The van der Waals surface area contributed by atoms with E-state index in [9.17, 15) is 4.79 Å². The first kappa shape index (κ1) is 17.8. The average molecular weight is 318 g/mol. The highest BCUT2D eigenvalue weighted by molar-refractivity contribution is 5.73. The minimum atomic E-state index is -0.637. The highest BCUT2D eigenvalue weighted by atomic mass is 16.5. The van der Waals surface area contributed by atoms with Gasteiger partial charge in [-0.1, -0.05) is 46.8 Å². The van der Waals surface area contributed by atoms with Crippen molar-refractivity contribution in [3.63, 3.8) is 0 Å². The molecule has 1 saturated carbocycles. The minimum absolute atomic E-state index is 0.122. The molecule has 0 saturated heterocycles. The van der Waals surface area contributed by atoms with Crippen LogP contribution >= 0.6 is 0 Å². The number of benzene rings is 1. The maximum Gasteiger partial charge on any atom is 0.306 e. The molecule has 1 aromatic carbocycles. The summed E-state index contributed by atoms with van der Waals surface area (Å²) in [6.45, 7) is 11.6. The summed E-state index contributed by atoms with van der Waals surface area (Å²) in [6.07, 6.45) is 1.78. The third kappa shape index (κ3) is 4.73. The smallest absolute Gasteiger partial charge is 0.306 e. The van der Waals surface area contributed by atoms with Crippen LogP contribution in [0.1, 0.15) is 58.1 Å². The van der Waals surface area contributed by atoms with Gasteiger partial charge in [0.25, 0.3) is 0 Å². The van der Waals surface area contributed by atoms with Crippen LogP contribution in [0.5, 0.6) is 5.75 Å². The lowest BCUT2D eigenvalue weighted by Gasteiger charge is -2.18. The van der Waals surface area contributed by atoms with Crippen LogP contribution in [0.15, 0.2) is 18.2 Å². The van der Waals surface area contributed by atoms with Crippen LogP contribution in [0.4, 0.5) is 0 Å². The summed E-state index contributed by atoms with van der Waals surface area (Å²) in [7, 11) is 0. The van der Waals surface area contributed by atoms with Gasteiger partial charge in [-0.3, -0.25) is 4.79 Å². The zero-order valence-corrected chi connectivity index (χ0v) is 15.0. The van der Waals surface area contributed by atoms with Crippen LogP contribution in [-0.2, 0) is 11.2 Å². The third-order valence-corrected chi connectivity index (χ3v) is 4.71. The molecular weight excluding hydrogens is 288 g/mol. The predicted molar refractivity (Wildman–Crippen MR) is 93.0 cm³/mol. The van der Waals surface area contributed by atoms with Crippen molar-refractivity contribution in [2.24, 2.45) is 23.7 Å². The fraction of sp³-hybridized carbons (Fsp3) is 0.650. The molecule has 3 nitrogen and oxygen atoms in total. The van der Waals surface area contributed by atoms with Crippen LogP contribution in [-0.4, -0.2) is 17.7 Å². The number of rotatable bonds is 8. The molecule has 0 spiro atoms. The summed E-state index contributed by atoms with van der Waals surface area (Å²) in [5, 5.41) is 9.08. The van der Waals surface area contributed by atoms with Crippen molar-refractivity contribution in [3.8, 4) is 5.75 Å². The molecule has 0 amide bonds. The fourth-order valence-electron chi connectivity index (χ4n) is 3.21. The van der Waals surface area contributed by atoms with Crippen LogP contribution in [0.25, 0.3) is 0 Å². The monoisotopic (exact) mass is 318 g/mol. The number of carbonyl (C=O) groups is 1. The molecule has 1 aliphatic carbocycles. The summed E-state index contributed by atoms with van der Waals surface area (Å²) < 4.78 is 5.95. The summed E-state index contributed by atoms with van der Waals surface area (Å²) in [5.74, 6) is 1.91. The van der Waals surface area contributed by atoms with Crippen LogP contribution in [0, 0.1) is 23.7 Å². The number of carboxylic acids is 1. The van der Waals surface area contributed by atoms with Crippen molar-refractivity contribution < 1.29 is 14.6 Å². The first-order valence-electron chi connectivity index (χ1n) is 8.78. The van der Waals surface area contributed by atoms with Crippen molar-refractivity contribution in [2.45, 2.75) is 53.4 Å². The van der Waals surface area contributed by atoms with E-state index >= 15 is 0 Å². The Labute approximate surface area is 140 Å². The van der Waals surface area contributed by atoms with Gasteiger partial charge in [-0.2, -0.15) is 0 Å². The van der Waals surface area contributed by atoms with Crippen molar-refractivity contribution >= 4 is 5.97 Å². The van der Waals surface area contributed by atoms with E-state index in [2.05, 4.69) is 52.8 Å². The first-order chi connectivity index (χ1) is 10.8. The minimum Gasteiger partial charge on any atom is -0.493 e. The highest BCUT2D eigenvalue weighted by Gasteiger charge is 2.46. The molecule has 3 heteroatoms. The zero-order valence-electron chi connectivity index (χ0n) is 15.0. The van der Waals surface area contributed by atoms with Gasteiger partial charge in [0.15, 0.2) is 0 Å². The van der Waals surface area contributed by atoms with Crippen molar-refractivity contribution in [3.05, 3.63) is 29.3 Å². The number of carboxylic acid groups (broad SMARTS) is 1. The number of aliphatic carboxylic acids is 1. The normalized spacial score (nSPS) is 21.5. The fourth-order valence-corrected chi connectivity index (χ4v) is 3.21. The summed E-state index contributed by atoms with van der Waals surface area (Å²) in [5.41, 5.74) is 2.54. The highest BCUT2D eigenvalue weighted by Crippen LogP contribution is 2.45. The topological polar surface area (TPSA) is 46.5 Å². The molecule has 0 radical (unpaired) electrons. The molecule has 1 fully saturated rings. The summed E-state index contributed by atoms with van der Waals surface area (Å²) in [6, 6.07) is 6.46. The Kier molecular flexibility index (Phi) is 5.72. The van der Waals surface area contributed by atoms with E-state index in [1.165, 1.54) is 11.1 Å². The Balaban J connectivity index is 2.05. The Morgan fingerprint density at radius 2 is 1.96 bits per heavy atom. The molecule has 2 rings (SSSR count). The Bertz CT molecular complexity index is 548. The zero-order chi connectivity index (χ0) is 17.1. The molecule has 23 heavy (non-hydrogen) atoms. The second-order valence-corrected chi connectivity index (χ2v) is 7.76. The van der Waals surface area contributed by atoms with E-state index in [-0.39, 0.29) is 5.92 Å². The molecule has 1 aliphatic rings. The van der Waals surface area contributed by atoms with Crippen LogP contribution in [0.3, 0.4) is 0 Å². The standard InChI is InChI=1S/C20H30O3/c1-12(2)11-23-19-7-6-15(9-16(19)13(3)4)8-14(5)17-10-18(17)20(21)22/h6-7,9,12-14,17-18H,8,10-11H2,1-5H3,(H,21,22). The largest absolute Gasteiger partial charge is 0.493 e. The van der Waals surface area contributed by atoms with E-state index in [1.807, 2.05) is 0 Å². The molecule has 3 atom stereocenters. The number of hydrogen-bond acceptors (Lipinski definition) is 2. The van der Waals surface area contributed by atoms with E-state index in [0.717, 1.165) is 25.2 Å². The van der Waals surface area contributed by atoms with E-state index in [0.29, 0.717) is 23.7 Å². The Morgan fingerprint density at radius 1 is 1.26 bits per heavy atom. The Morgan fingerprint density at radius 3 is 2.48 bits per heavy atom. The quantitative estimate of drug-likeness (QED) is 0.753. The molecule has 128 valence electrons. The second kappa shape index (κ2) is 7.37. The maximum atomic E-state index is 11.0. The molecular formula is C20H30O3.